The number of hydrogen-bond acceptors (Lipinski definition) is 3. The van der Waals surface area contributed by atoms with Gasteiger partial charge in [0.05, 0.1) is 0 Å². The van der Waals surface area contributed by atoms with E-state index in [1.165, 1.54) is 0 Å². The Bertz CT molecular complexity index is 195. The van der Waals surface area contributed by atoms with E-state index in [0.29, 0.717) is 25.1 Å². The normalized spacial score (nSPS) is 10.0. The summed E-state index contributed by atoms with van der Waals surface area (Å²) in [5.41, 5.74) is 0. The average molecular weight is 218 g/mol. The van der Waals surface area contributed by atoms with E-state index < -0.39 is 0 Å². The smallest absolute Gasteiger partial charge is 0.221 e. The molecule has 0 saturated carbocycles. The van der Waals surface area contributed by atoms with Crippen molar-refractivity contribution < 1.29 is 9.59 Å². The van der Waals surface area contributed by atoms with Gasteiger partial charge in [0.1, 0.15) is 0 Å². The van der Waals surface area contributed by atoms with Crippen LogP contribution in [0.4, 0.5) is 0 Å². The highest BCUT2D eigenvalue weighted by atomic mass is 32.1. The highest BCUT2D eigenvalue weighted by Gasteiger charge is 2.04. The summed E-state index contributed by atoms with van der Waals surface area (Å²) >= 11 is 3.93. The second kappa shape index (κ2) is 7.67. The number of amides is 2. The van der Waals surface area contributed by atoms with Crippen LogP contribution < -0.4 is 10.6 Å². The fraction of sp³-hybridized carbons (Fsp3) is 0.778. The molecular formula is C9H18N2O2S. The summed E-state index contributed by atoms with van der Waals surface area (Å²) in [6, 6.07) is 0.149. The molecule has 5 heteroatoms. The molecule has 0 heterocycles. The van der Waals surface area contributed by atoms with Crippen LogP contribution in [0.3, 0.4) is 0 Å². The van der Waals surface area contributed by atoms with Crippen molar-refractivity contribution in [3.05, 3.63) is 0 Å². The van der Waals surface area contributed by atoms with Crippen LogP contribution in [0.15, 0.2) is 0 Å². The van der Waals surface area contributed by atoms with Crippen molar-refractivity contribution in [3.8, 4) is 0 Å². The van der Waals surface area contributed by atoms with Gasteiger partial charge in [-0.1, -0.05) is 0 Å². The summed E-state index contributed by atoms with van der Waals surface area (Å²) < 4.78 is 0. The van der Waals surface area contributed by atoms with Gasteiger partial charge in [-0.2, -0.15) is 12.6 Å². The zero-order chi connectivity index (χ0) is 11.0. The van der Waals surface area contributed by atoms with E-state index in [1.54, 1.807) is 0 Å². The maximum absolute atomic E-state index is 11.1. The molecule has 0 spiro atoms. The standard InChI is InChI=1S/C9H18N2O2S/c1-7(2)11-9(13)3-5-10-8(12)4-6-14/h7,14H,3-6H2,1-2H3,(H,10,12)(H,11,13). The first-order valence-corrected chi connectivity index (χ1v) is 5.36. The monoisotopic (exact) mass is 218 g/mol. The molecule has 0 fully saturated rings. The van der Waals surface area contributed by atoms with Gasteiger partial charge in [0.2, 0.25) is 11.8 Å². The molecule has 0 radical (unpaired) electrons. The third kappa shape index (κ3) is 7.91. The van der Waals surface area contributed by atoms with Gasteiger partial charge in [-0.05, 0) is 19.6 Å². The second-order valence-electron chi connectivity index (χ2n) is 3.30. The summed E-state index contributed by atoms with van der Waals surface area (Å²) in [5, 5.41) is 5.38. The van der Waals surface area contributed by atoms with Crippen LogP contribution in [0.1, 0.15) is 26.7 Å². The summed E-state index contributed by atoms with van der Waals surface area (Å²) in [6.45, 7) is 4.19. The zero-order valence-electron chi connectivity index (χ0n) is 8.67. The Morgan fingerprint density at radius 3 is 2.36 bits per heavy atom. The molecule has 14 heavy (non-hydrogen) atoms. The fourth-order valence-corrected chi connectivity index (χ4v) is 1.10. The number of hydrogen-bond donors (Lipinski definition) is 3. The molecular weight excluding hydrogens is 200 g/mol. The first-order valence-electron chi connectivity index (χ1n) is 4.73. The molecule has 0 saturated heterocycles. The van der Waals surface area contributed by atoms with Gasteiger partial charge in [-0.25, -0.2) is 0 Å². The van der Waals surface area contributed by atoms with Gasteiger partial charge in [0.15, 0.2) is 0 Å². The third-order valence-electron chi connectivity index (χ3n) is 1.46. The Kier molecular flexibility index (Phi) is 7.28. The summed E-state index contributed by atoms with van der Waals surface area (Å²) in [6.07, 6.45) is 0.728. The van der Waals surface area contributed by atoms with E-state index in [2.05, 4.69) is 23.3 Å². The van der Waals surface area contributed by atoms with Crippen molar-refractivity contribution >= 4 is 24.4 Å². The minimum atomic E-state index is -0.0580. The minimum Gasteiger partial charge on any atom is -0.356 e. The van der Waals surface area contributed by atoms with Crippen molar-refractivity contribution in [2.75, 3.05) is 12.3 Å². The maximum Gasteiger partial charge on any atom is 0.221 e. The number of carbonyl (C=O) groups is 2. The summed E-state index contributed by atoms with van der Waals surface area (Å²) in [5.74, 6) is 0.438. The van der Waals surface area contributed by atoms with Gasteiger partial charge >= 0.3 is 0 Å². The number of rotatable bonds is 6. The molecule has 0 aromatic heterocycles. The molecule has 0 aliphatic heterocycles. The minimum absolute atomic E-state index is 0.0360. The lowest BCUT2D eigenvalue weighted by atomic mass is 10.3. The van der Waals surface area contributed by atoms with Crippen LogP contribution in [0.2, 0.25) is 0 Å². The number of thiol groups is 1. The zero-order valence-corrected chi connectivity index (χ0v) is 9.56. The van der Waals surface area contributed by atoms with Crippen LogP contribution >= 0.6 is 12.6 Å². The van der Waals surface area contributed by atoms with Crippen LogP contribution in [0.25, 0.3) is 0 Å². The van der Waals surface area contributed by atoms with Crippen molar-refractivity contribution in [3.63, 3.8) is 0 Å². The molecule has 0 bridgehead atoms. The van der Waals surface area contributed by atoms with E-state index in [1.807, 2.05) is 13.8 Å². The highest BCUT2D eigenvalue weighted by molar-refractivity contribution is 7.80. The molecule has 2 amide bonds. The summed E-state index contributed by atoms with van der Waals surface area (Å²) in [7, 11) is 0. The highest BCUT2D eigenvalue weighted by Crippen LogP contribution is 1.85. The van der Waals surface area contributed by atoms with Gasteiger partial charge < -0.3 is 10.6 Å². The second-order valence-corrected chi connectivity index (χ2v) is 3.74. The lowest BCUT2D eigenvalue weighted by Gasteiger charge is -2.08. The fourth-order valence-electron chi connectivity index (χ4n) is 0.900. The molecule has 0 aliphatic carbocycles. The predicted octanol–water partition coefficient (Wildman–Crippen LogP) is 0.337. The van der Waals surface area contributed by atoms with Gasteiger partial charge in [0, 0.05) is 25.4 Å². The van der Waals surface area contributed by atoms with E-state index >= 15 is 0 Å². The first-order chi connectivity index (χ1) is 6.56. The topological polar surface area (TPSA) is 58.2 Å². The van der Waals surface area contributed by atoms with Crippen molar-refractivity contribution in [1.29, 1.82) is 0 Å². The number of carbonyl (C=O) groups excluding carboxylic acids is 2. The lowest BCUT2D eigenvalue weighted by molar-refractivity contribution is -0.122. The summed E-state index contributed by atoms with van der Waals surface area (Å²) in [4.78, 5) is 22.1. The Labute approximate surface area is 90.2 Å². The van der Waals surface area contributed by atoms with Gasteiger partial charge in [-0.3, -0.25) is 9.59 Å². The van der Waals surface area contributed by atoms with Crippen molar-refractivity contribution in [2.45, 2.75) is 32.7 Å². The van der Waals surface area contributed by atoms with Gasteiger partial charge in [-0.15, -0.1) is 0 Å². The first kappa shape index (κ1) is 13.3. The van der Waals surface area contributed by atoms with Crippen molar-refractivity contribution in [1.82, 2.24) is 10.6 Å². The molecule has 0 rings (SSSR count). The average Bonchev–Trinajstić information content (AvgIpc) is 2.02. The Balaban J connectivity index is 3.44. The predicted molar refractivity (Wildman–Crippen MR) is 59.4 cm³/mol. The quantitative estimate of drug-likeness (QED) is 0.563. The van der Waals surface area contributed by atoms with Gasteiger partial charge in [0.25, 0.3) is 0 Å². The lowest BCUT2D eigenvalue weighted by Crippen LogP contribution is -2.34. The third-order valence-corrected chi connectivity index (χ3v) is 1.69. The Morgan fingerprint density at radius 2 is 1.86 bits per heavy atom. The van der Waals surface area contributed by atoms with E-state index in [4.69, 9.17) is 0 Å². The number of nitrogens with one attached hydrogen (secondary N) is 2. The molecule has 0 aromatic carbocycles. The Hall–Kier alpha value is -0.710. The van der Waals surface area contributed by atoms with Crippen LogP contribution in [0.5, 0.6) is 0 Å². The largest absolute Gasteiger partial charge is 0.356 e. The molecule has 0 unspecified atom stereocenters. The van der Waals surface area contributed by atoms with Crippen LogP contribution in [0, 0.1) is 0 Å². The van der Waals surface area contributed by atoms with E-state index in [0.717, 1.165) is 0 Å². The molecule has 2 N–H and O–H groups in total. The van der Waals surface area contributed by atoms with Crippen molar-refractivity contribution in [2.24, 2.45) is 0 Å². The van der Waals surface area contributed by atoms with Crippen LogP contribution in [-0.2, 0) is 9.59 Å². The maximum atomic E-state index is 11.1. The molecule has 82 valence electrons. The van der Waals surface area contributed by atoms with E-state index in [9.17, 15) is 9.59 Å². The van der Waals surface area contributed by atoms with E-state index in [-0.39, 0.29) is 17.9 Å². The van der Waals surface area contributed by atoms with Crippen LogP contribution in [-0.4, -0.2) is 30.2 Å². The molecule has 0 aliphatic rings. The molecule has 4 nitrogen and oxygen atoms in total. The Morgan fingerprint density at radius 1 is 1.21 bits per heavy atom. The SMILES string of the molecule is CC(C)NC(=O)CCNC(=O)CCS. The molecule has 0 aromatic rings. The molecule has 0 atom stereocenters.